The van der Waals surface area contributed by atoms with Gasteiger partial charge in [0.2, 0.25) is 5.91 Å². The number of nitrogens with one attached hydrogen (secondary N) is 1. The number of hydrogen-bond donors (Lipinski definition) is 1. The third kappa shape index (κ3) is 6.04. The summed E-state index contributed by atoms with van der Waals surface area (Å²) in [4.78, 5) is 38.1. The molecule has 34 heavy (non-hydrogen) atoms. The minimum atomic E-state index is -3.07. The molecule has 1 N–H and O–H groups in total. The summed E-state index contributed by atoms with van der Waals surface area (Å²) < 4.78 is 54.5. The predicted octanol–water partition coefficient (Wildman–Crippen LogP) is 3.04. The van der Waals surface area contributed by atoms with E-state index in [1.54, 1.807) is 24.3 Å². The number of nitrogens with zero attached hydrogens (tertiary/aromatic N) is 1. The molecule has 2 amide bonds. The molecule has 0 unspecified atom stereocenters. The lowest BCUT2D eigenvalue weighted by Gasteiger charge is -2.22. The summed E-state index contributed by atoms with van der Waals surface area (Å²) in [5.74, 6) is -3.16. The number of carbonyl (C=O) groups excluding carboxylic acids is 3. The number of hydrogen-bond acceptors (Lipinski definition) is 6. The highest BCUT2D eigenvalue weighted by Crippen LogP contribution is 2.27. The summed E-state index contributed by atoms with van der Waals surface area (Å²) in [5.41, 5.74) is 0.632. The van der Waals surface area contributed by atoms with Crippen molar-refractivity contribution in [3.05, 3.63) is 59.4 Å². The molecule has 0 aromatic heterocycles. The molecule has 0 saturated carbocycles. The van der Waals surface area contributed by atoms with Gasteiger partial charge in [-0.2, -0.15) is 8.78 Å². The van der Waals surface area contributed by atoms with Crippen molar-refractivity contribution in [1.82, 2.24) is 10.2 Å². The second-order valence-corrected chi connectivity index (χ2v) is 7.55. The second kappa shape index (κ2) is 11.0. The van der Waals surface area contributed by atoms with E-state index in [4.69, 9.17) is 4.74 Å². The molecule has 1 heterocycles. The summed E-state index contributed by atoms with van der Waals surface area (Å²) in [7, 11) is 1.10. The fourth-order valence-electron chi connectivity index (χ4n) is 3.53. The molecule has 2 atom stereocenters. The quantitative estimate of drug-likeness (QED) is 0.584. The second-order valence-electron chi connectivity index (χ2n) is 7.55. The Balaban J connectivity index is 1.65. The number of amides is 2. The van der Waals surface area contributed by atoms with Crippen LogP contribution in [0.5, 0.6) is 11.5 Å². The van der Waals surface area contributed by atoms with Gasteiger partial charge in [-0.1, -0.05) is 23.8 Å². The van der Waals surface area contributed by atoms with Crippen molar-refractivity contribution < 1.29 is 41.8 Å². The van der Waals surface area contributed by atoms with Gasteiger partial charge in [0.05, 0.1) is 25.3 Å². The summed E-state index contributed by atoms with van der Waals surface area (Å²) in [5, 5.41) is 2.28. The maximum absolute atomic E-state index is 14.9. The molecule has 0 aliphatic carbocycles. The van der Waals surface area contributed by atoms with Crippen LogP contribution < -0.4 is 10.1 Å². The molecule has 1 saturated heterocycles. The zero-order chi connectivity index (χ0) is 24.8. The third-order valence-electron chi connectivity index (χ3n) is 5.21. The molecule has 1 fully saturated rings. The van der Waals surface area contributed by atoms with Crippen molar-refractivity contribution in [2.45, 2.75) is 32.1 Å². The van der Waals surface area contributed by atoms with Crippen molar-refractivity contribution in [1.29, 1.82) is 0 Å². The predicted molar refractivity (Wildman–Crippen MR) is 113 cm³/mol. The Bertz CT molecular complexity index is 1050. The van der Waals surface area contributed by atoms with E-state index >= 15 is 0 Å². The van der Waals surface area contributed by atoms with Crippen LogP contribution >= 0.6 is 0 Å². The average Bonchev–Trinajstić information content (AvgIpc) is 3.22. The van der Waals surface area contributed by atoms with Crippen molar-refractivity contribution in [3.8, 4) is 11.5 Å². The van der Waals surface area contributed by atoms with Crippen molar-refractivity contribution in [2.75, 3.05) is 20.2 Å². The first-order chi connectivity index (χ1) is 16.2. The van der Waals surface area contributed by atoms with Crippen LogP contribution in [0.25, 0.3) is 0 Å². The van der Waals surface area contributed by atoms with Gasteiger partial charge in [-0.15, -0.1) is 0 Å². The van der Waals surface area contributed by atoms with Crippen LogP contribution in [0.15, 0.2) is 42.5 Å². The van der Waals surface area contributed by atoms with Gasteiger partial charge in [-0.25, -0.2) is 9.18 Å². The highest BCUT2D eigenvalue weighted by molar-refractivity contribution is 5.97. The SMILES string of the molecule is COC(=O)[C@@H]1C[C@@H](OC(F)F)CN1C(=O)CNC(=O)c1cccc(Oc2ccc(C)cc2)c1F. The van der Waals surface area contributed by atoms with E-state index in [9.17, 15) is 27.6 Å². The Morgan fingerprint density at radius 3 is 2.50 bits per heavy atom. The van der Waals surface area contributed by atoms with E-state index < -0.39 is 48.9 Å². The molecule has 2 aromatic carbocycles. The molecule has 8 nitrogen and oxygen atoms in total. The fraction of sp³-hybridized carbons (Fsp3) is 0.348. The van der Waals surface area contributed by atoms with Gasteiger partial charge >= 0.3 is 12.6 Å². The van der Waals surface area contributed by atoms with Gasteiger partial charge in [0.25, 0.3) is 5.91 Å². The number of likely N-dealkylation sites (tertiary alicyclic amines) is 1. The molecule has 0 radical (unpaired) electrons. The van der Waals surface area contributed by atoms with Gasteiger partial charge in [0.1, 0.15) is 11.8 Å². The van der Waals surface area contributed by atoms with Crippen molar-refractivity contribution >= 4 is 17.8 Å². The van der Waals surface area contributed by atoms with Gasteiger partial charge in [0, 0.05) is 13.0 Å². The Hall–Kier alpha value is -3.60. The molecule has 11 heteroatoms. The first-order valence-corrected chi connectivity index (χ1v) is 10.3. The van der Waals surface area contributed by atoms with E-state index in [1.807, 2.05) is 6.92 Å². The zero-order valence-electron chi connectivity index (χ0n) is 18.4. The zero-order valence-corrected chi connectivity index (χ0v) is 18.4. The lowest BCUT2D eigenvalue weighted by atomic mass is 10.1. The van der Waals surface area contributed by atoms with Crippen LogP contribution in [0.4, 0.5) is 13.2 Å². The molecule has 0 spiro atoms. The number of ether oxygens (including phenoxy) is 3. The monoisotopic (exact) mass is 480 g/mol. The summed E-state index contributed by atoms with van der Waals surface area (Å²) in [6.07, 6.45) is -1.25. The third-order valence-corrected chi connectivity index (χ3v) is 5.21. The Kier molecular flexibility index (Phi) is 8.11. The minimum absolute atomic E-state index is 0.177. The first-order valence-electron chi connectivity index (χ1n) is 10.3. The van der Waals surface area contributed by atoms with Crippen LogP contribution in [0.2, 0.25) is 0 Å². The number of methoxy groups -OCH3 is 1. The number of halogens is 3. The smallest absolute Gasteiger partial charge is 0.345 e. The number of aryl methyl sites for hydroxylation is 1. The van der Waals surface area contributed by atoms with Gasteiger partial charge in [-0.05, 0) is 31.2 Å². The highest BCUT2D eigenvalue weighted by atomic mass is 19.3. The van der Waals surface area contributed by atoms with Crippen molar-refractivity contribution in [3.63, 3.8) is 0 Å². The highest BCUT2D eigenvalue weighted by Gasteiger charge is 2.41. The molecule has 2 aromatic rings. The molecular weight excluding hydrogens is 457 g/mol. The maximum atomic E-state index is 14.9. The topological polar surface area (TPSA) is 94.2 Å². The van der Waals surface area contributed by atoms with Crippen LogP contribution in [-0.4, -0.2) is 61.6 Å². The minimum Gasteiger partial charge on any atom is -0.467 e. The Morgan fingerprint density at radius 2 is 1.85 bits per heavy atom. The van der Waals surface area contributed by atoms with Crippen LogP contribution in [0, 0.1) is 12.7 Å². The van der Waals surface area contributed by atoms with Crippen LogP contribution in [-0.2, 0) is 19.1 Å². The maximum Gasteiger partial charge on any atom is 0.345 e. The largest absolute Gasteiger partial charge is 0.467 e. The fourth-order valence-corrected chi connectivity index (χ4v) is 3.53. The van der Waals surface area contributed by atoms with E-state index in [0.29, 0.717) is 5.75 Å². The standard InChI is InChI=1S/C23H23F3N2O6/c1-13-6-8-14(9-7-13)33-18-5-3-4-16(20(18)24)21(30)27-11-19(29)28-12-15(34-23(25)26)10-17(28)22(31)32-2/h3-9,15,17,23H,10-12H2,1-2H3,(H,27,30)/t15-,17+/m1/s1. The Labute approximate surface area is 193 Å². The van der Waals surface area contributed by atoms with Gasteiger partial charge in [0.15, 0.2) is 11.6 Å². The van der Waals surface area contributed by atoms with E-state index in [-0.39, 0.29) is 24.3 Å². The molecule has 3 rings (SSSR count). The molecule has 182 valence electrons. The van der Waals surface area contributed by atoms with E-state index in [1.165, 1.54) is 18.2 Å². The molecule has 0 bridgehead atoms. The summed E-state index contributed by atoms with van der Waals surface area (Å²) in [6, 6.07) is 9.73. The lowest BCUT2D eigenvalue weighted by molar-refractivity contribution is -0.160. The number of benzene rings is 2. The normalized spacial score (nSPS) is 17.5. The summed E-state index contributed by atoms with van der Waals surface area (Å²) in [6.45, 7) is -2.07. The van der Waals surface area contributed by atoms with Crippen LogP contribution in [0.3, 0.4) is 0 Å². The number of esters is 1. The van der Waals surface area contributed by atoms with Crippen molar-refractivity contribution in [2.24, 2.45) is 0 Å². The number of carbonyl (C=O) groups is 3. The number of rotatable bonds is 8. The first kappa shape index (κ1) is 25.0. The van der Waals surface area contributed by atoms with Gasteiger partial charge in [-0.3, -0.25) is 9.59 Å². The van der Waals surface area contributed by atoms with E-state index in [0.717, 1.165) is 17.6 Å². The Morgan fingerprint density at radius 1 is 1.15 bits per heavy atom. The average molecular weight is 480 g/mol. The lowest BCUT2D eigenvalue weighted by Crippen LogP contribution is -2.46. The van der Waals surface area contributed by atoms with E-state index in [2.05, 4.69) is 14.8 Å². The number of alkyl halides is 2. The van der Waals surface area contributed by atoms with Crippen LogP contribution in [0.1, 0.15) is 22.3 Å². The molecule has 1 aliphatic rings. The molecule has 1 aliphatic heterocycles. The summed E-state index contributed by atoms with van der Waals surface area (Å²) >= 11 is 0. The molecular formula is C23H23F3N2O6. The van der Waals surface area contributed by atoms with Gasteiger partial charge < -0.3 is 24.4 Å².